The van der Waals surface area contributed by atoms with Gasteiger partial charge in [0.25, 0.3) is 0 Å². The molecule has 5 heteroatoms. The summed E-state index contributed by atoms with van der Waals surface area (Å²) >= 11 is 0. The minimum absolute atomic E-state index is 0.247. The Morgan fingerprint density at radius 3 is 1.90 bits per heavy atom. The minimum atomic E-state index is -0.565. The number of aromatic nitrogens is 1. The lowest BCUT2D eigenvalue weighted by atomic mass is 9.66. The molecule has 0 bridgehead atoms. The monoisotopic (exact) mass is 760 g/mol. The molecule has 1 spiro atoms. The minimum Gasteiger partial charge on any atom is -0.457 e. The van der Waals surface area contributed by atoms with Crippen LogP contribution in [0.25, 0.3) is 38.6 Å². The number of ether oxygens (including phenoxy) is 1. The topological polar surface area (TPSA) is 42.1 Å². The van der Waals surface area contributed by atoms with Crippen molar-refractivity contribution in [1.29, 1.82) is 0 Å². The van der Waals surface area contributed by atoms with E-state index in [0.717, 1.165) is 57.5 Å². The van der Waals surface area contributed by atoms with Crippen LogP contribution in [0, 0.1) is 5.92 Å². The van der Waals surface area contributed by atoms with E-state index in [1.54, 1.807) is 0 Å². The lowest BCUT2D eigenvalue weighted by Crippen LogP contribution is -2.42. The predicted molar refractivity (Wildman–Crippen MR) is 240 cm³/mol. The Kier molecular flexibility index (Phi) is 7.40. The molecule has 0 radical (unpaired) electrons. The molecule has 12 rings (SSSR count). The number of benzene rings is 7. The maximum Gasteiger partial charge on any atom is 0.159 e. The van der Waals surface area contributed by atoms with E-state index >= 15 is 0 Å². The molecule has 7 aromatic carbocycles. The summed E-state index contributed by atoms with van der Waals surface area (Å²) in [6.45, 7) is 2.28. The van der Waals surface area contributed by atoms with Crippen molar-refractivity contribution in [2.45, 2.75) is 24.9 Å². The molecule has 0 fully saturated rings. The van der Waals surface area contributed by atoms with E-state index < -0.39 is 5.41 Å². The number of hydrogen-bond acceptors (Lipinski definition) is 4. The first-order valence-electron chi connectivity index (χ1n) is 20.6. The molecule has 3 heterocycles. The van der Waals surface area contributed by atoms with Crippen LogP contribution in [-0.2, 0) is 5.41 Å². The fourth-order valence-corrected chi connectivity index (χ4v) is 10.2. The van der Waals surface area contributed by atoms with Gasteiger partial charge in [0.2, 0.25) is 0 Å². The highest BCUT2D eigenvalue weighted by Crippen LogP contribution is 2.62. The van der Waals surface area contributed by atoms with Gasteiger partial charge in [-0.2, -0.15) is 0 Å². The van der Waals surface area contributed by atoms with Crippen LogP contribution in [-0.4, -0.2) is 34.4 Å². The number of nitrogens with zero attached hydrogens (tertiary/aromatic N) is 4. The normalized spacial score (nSPS) is 18.4. The molecule has 0 saturated heterocycles. The molecule has 4 aliphatic rings. The van der Waals surface area contributed by atoms with Crippen LogP contribution >= 0.6 is 0 Å². The van der Waals surface area contributed by atoms with Crippen molar-refractivity contribution in [3.8, 4) is 28.3 Å². The Morgan fingerprint density at radius 2 is 1.20 bits per heavy atom. The molecule has 5 nitrogen and oxygen atoms in total. The molecule has 282 valence electrons. The summed E-state index contributed by atoms with van der Waals surface area (Å²) in [5.41, 5.74) is 13.4. The van der Waals surface area contributed by atoms with E-state index in [2.05, 4.69) is 205 Å². The highest BCUT2D eigenvalue weighted by atomic mass is 16.5. The number of fused-ring (bicyclic) bond motifs is 12. The van der Waals surface area contributed by atoms with Gasteiger partial charge in [-0.3, -0.25) is 0 Å². The smallest absolute Gasteiger partial charge is 0.159 e. The first-order chi connectivity index (χ1) is 29.1. The van der Waals surface area contributed by atoms with E-state index in [0.29, 0.717) is 5.92 Å². The number of aliphatic imine (C=N–C) groups is 2. The number of hydrogen-bond donors (Lipinski definition) is 0. The average molecular weight is 761 g/mol. The largest absolute Gasteiger partial charge is 0.457 e. The third kappa shape index (κ3) is 4.91. The number of para-hydroxylation sites is 3. The molecular formula is C54H40N4O. The molecule has 0 N–H and O–H groups in total. The molecule has 0 saturated carbocycles. The SMILES string of the molecule is CC1C=C(C2N=C(c3ccc(-n4c5ccccc5c5ccccc54)cc3)N=C(c3ccc4c(c3)C3(c5ccccc5O4)c4ccccc4-c4ccccc43)N2C)C=CC1. The molecule has 59 heavy (non-hydrogen) atoms. The van der Waals surface area contributed by atoms with Gasteiger partial charge in [-0.05, 0) is 101 Å². The summed E-state index contributed by atoms with van der Waals surface area (Å²) in [5.74, 6) is 3.76. The second-order valence-electron chi connectivity index (χ2n) is 16.2. The van der Waals surface area contributed by atoms with Gasteiger partial charge in [0.1, 0.15) is 23.5 Å². The van der Waals surface area contributed by atoms with Gasteiger partial charge in [-0.25, -0.2) is 9.98 Å². The highest BCUT2D eigenvalue weighted by Gasteiger charge is 2.51. The van der Waals surface area contributed by atoms with Crippen molar-refractivity contribution in [3.05, 3.63) is 221 Å². The van der Waals surface area contributed by atoms with Crippen molar-refractivity contribution in [2.24, 2.45) is 15.9 Å². The molecule has 0 amide bonds. The van der Waals surface area contributed by atoms with Crippen LogP contribution in [0.1, 0.15) is 46.7 Å². The van der Waals surface area contributed by atoms with Crippen LogP contribution in [0.5, 0.6) is 11.5 Å². The maximum absolute atomic E-state index is 6.78. The number of likely N-dealkylation sites (N-methyl/N-ethyl adjacent to an activating group) is 1. The zero-order valence-corrected chi connectivity index (χ0v) is 32.9. The van der Waals surface area contributed by atoms with Crippen LogP contribution < -0.4 is 4.74 Å². The Labute approximate surface area is 343 Å². The lowest BCUT2D eigenvalue weighted by molar-refractivity contribution is 0.417. The van der Waals surface area contributed by atoms with Crippen molar-refractivity contribution < 1.29 is 4.74 Å². The van der Waals surface area contributed by atoms with E-state index in [-0.39, 0.29) is 6.17 Å². The standard InChI is InChI=1S/C54H40N4O/c1-34-14-13-15-36(32-34)52-55-51(35-26-29-38(30-27-35)58-47-23-10-5-18-41(47)42-19-6-11-24-48(42)58)56-53(57(52)2)37-28-31-50-46(33-37)54(45-22-9-12-25-49(45)59-50)43-20-7-3-16-39(43)40-17-4-8-21-44(40)54/h3-13,15-34,52H,14H2,1-2H3. The molecule has 2 atom stereocenters. The fraction of sp³-hybridized carbons (Fsp3) is 0.111. The van der Waals surface area contributed by atoms with Crippen LogP contribution in [0.15, 0.2) is 198 Å². The molecule has 8 aromatic rings. The quantitative estimate of drug-likeness (QED) is 0.179. The van der Waals surface area contributed by atoms with Gasteiger partial charge in [-0.1, -0.05) is 128 Å². The first-order valence-corrected chi connectivity index (χ1v) is 20.6. The highest BCUT2D eigenvalue weighted by molar-refractivity contribution is 6.14. The molecule has 2 unspecified atom stereocenters. The van der Waals surface area contributed by atoms with Crippen molar-refractivity contribution in [3.63, 3.8) is 0 Å². The predicted octanol–water partition coefficient (Wildman–Crippen LogP) is 12.2. The molecule has 1 aromatic heterocycles. The summed E-state index contributed by atoms with van der Waals surface area (Å²) in [4.78, 5) is 13.1. The summed E-state index contributed by atoms with van der Waals surface area (Å²) < 4.78 is 9.13. The average Bonchev–Trinajstić information content (AvgIpc) is 3.78. The summed E-state index contributed by atoms with van der Waals surface area (Å²) in [6.07, 6.45) is 7.68. The van der Waals surface area contributed by atoms with E-state index in [4.69, 9.17) is 14.7 Å². The maximum atomic E-state index is 6.78. The molecule has 2 aliphatic heterocycles. The van der Waals surface area contributed by atoms with Gasteiger partial charge < -0.3 is 14.2 Å². The van der Waals surface area contributed by atoms with Crippen LogP contribution in [0.2, 0.25) is 0 Å². The number of amidine groups is 2. The number of rotatable bonds is 4. The Morgan fingerprint density at radius 1 is 0.610 bits per heavy atom. The van der Waals surface area contributed by atoms with Gasteiger partial charge in [-0.15, -0.1) is 0 Å². The van der Waals surface area contributed by atoms with Crippen molar-refractivity contribution in [1.82, 2.24) is 9.47 Å². The Bertz CT molecular complexity index is 3060. The van der Waals surface area contributed by atoms with Gasteiger partial charge in [0.15, 0.2) is 5.84 Å². The fourth-order valence-electron chi connectivity index (χ4n) is 10.2. The van der Waals surface area contributed by atoms with Crippen molar-refractivity contribution in [2.75, 3.05) is 7.05 Å². The van der Waals surface area contributed by atoms with Gasteiger partial charge in [0.05, 0.1) is 16.4 Å². The Balaban J connectivity index is 1.03. The third-order valence-corrected chi connectivity index (χ3v) is 12.8. The first kappa shape index (κ1) is 33.9. The van der Waals surface area contributed by atoms with Crippen LogP contribution in [0.3, 0.4) is 0 Å². The van der Waals surface area contributed by atoms with E-state index in [1.165, 1.54) is 49.6 Å². The lowest BCUT2D eigenvalue weighted by Gasteiger charge is -2.40. The summed E-state index contributed by atoms with van der Waals surface area (Å²) in [5, 5.41) is 2.49. The molecular weight excluding hydrogens is 721 g/mol. The second kappa shape index (κ2) is 12.9. The van der Waals surface area contributed by atoms with Gasteiger partial charge >= 0.3 is 0 Å². The molecule has 2 aliphatic carbocycles. The zero-order valence-electron chi connectivity index (χ0n) is 32.9. The summed E-state index contributed by atoms with van der Waals surface area (Å²) in [7, 11) is 2.13. The van der Waals surface area contributed by atoms with E-state index in [1.807, 2.05) is 0 Å². The number of allylic oxidation sites excluding steroid dienone is 2. The van der Waals surface area contributed by atoms with Crippen molar-refractivity contribution >= 4 is 33.5 Å². The van der Waals surface area contributed by atoms with E-state index in [9.17, 15) is 0 Å². The van der Waals surface area contributed by atoms with Gasteiger partial charge in [0, 0.05) is 45.8 Å². The third-order valence-electron chi connectivity index (χ3n) is 12.8. The Hall–Kier alpha value is -7.24. The van der Waals surface area contributed by atoms with Crippen LogP contribution in [0.4, 0.5) is 0 Å². The summed E-state index contributed by atoms with van der Waals surface area (Å²) in [6, 6.07) is 58.9. The zero-order chi connectivity index (χ0) is 39.2. The second-order valence-corrected chi connectivity index (χ2v) is 16.2.